The van der Waals surface area contributed by atoms with Crippen LogP contribution in [0, 0.1) is 6.92 Å². The third-order valence-electron chi connectivity index (χ3n) is 2.77. The van der Waals surface area contributed by atoms with Crippen LogP contribution in [0.5, 0.6) is 5.75 Å². The summed E-state index contributed by atoms with van der Waals surface area (Å²) in [5.74, 6) is -0.275. The zero-order chi connectivity index (χ0) is 14.6. The van der Waals surface area contributed by atoms with Crippen LogP contribution >= 0.6 is 0 Å². The number of hydrogen-bond donors (Lipinski definition) is 2. The minimum absolute atomic E-state index is 0.0296. The Morgan fingerprint density at radius 2 is 1.85 bits per heavy atom. The molecule has 0 aliphatic carbocycles. The van der Waals surface area contributed by atoms with Gasteiger partial charge in [-0.3, -0.25) is 4.72 Å². The van der Waals surface area contributed by atoms with E-state index in [4.69, 9.17) is 0 Å². The van der Waals surface area contributed by atoms with E-state index >= 15 is 0 Å². The maximum absolute atomic E-state index is 12.0. The summed E-state index contributed by atoms with van der Waals surface area (Å²) in [6, 6.07) is 12.4. The molecule has 0 unspecified atom stereocenters. The molecule has 0 saturated heterocycles. The Morgan fingerprint density at radius 3 is 2.55 bits per heavy atom. The number of nitrogens with one attached hydrogen (secondary N) is 1. The van der Waals surface area contributed by atoms with Crippen LogP contribution in [-0.2, 0) is 16.4 Å². The third-order valence-corrected chi connectivity index (χ3v) is 4.01. The van der Waals surface area contributed by atoms with Gasteiger partial charge in [0.1, 0.15) is 0 Å². The summed E-state index contributed by atoms with van der Waals surface area (Å²) in [6.07, 6.45) is 0.406. The topological polar surface area (TPSA) is 79.3 Å². The van der Waals surface area contributed by atoms with Gasteiger partial charge < -0.3 is 5.11 Å². The molecule has 0 radical (unpaired) electrons. The average Bonchev–Trinajstić information content (AvgIpc) is 2.42. The molecule has 0 aliphatic rings. The molecule has 0 saturated carbocycles. The SMILES string of the molecule is Cc1ccc(O)c(NS(=O)(=O)CCc2ccccc2)n1. The van der Waals surface area contributed by atoms with E-state index in [2.05, 4.69) is 9.71 Å². The molecule has 5 nitrogen and oxygen atoms in total. The van der Waals surface area contributed by atoms with Crippen molar-refractivity contribution in [1.82, 2.24) is 4.98 Å². The molecule has 2 rings (SSSR count). The molecule has 0 bridgehead atoms. The number of aryl methyl sites for hydroxylation is 2. The van der Waals surface area contributed by atoms with Crippen LogP contribution in [0.2, 0.25) is 0 Å². The fraction of sp³-hybridized carbons (Fsp3) is 0.214. The second-order valence-electron chi connectivity index (χ2n) is 4.48. The van der Waals surface area contributed by atoms with Crippen molar-refractivity contribution in [2.24, 2.45) is 0 Å². The summed E-state index contributed by atoms with van der Waals surface area (Å²) in [4.78, 5) is 3.97. The molecule has 106 valence electrons. The molecule has 0 fully saturated rings. The van der Waals surface area contributed by atoms with E-state index in [1.807, 2.05) is 30.3 Å². The lowest BCUT2D eigenvalue weighted by molar-refractivity contribution is 0.475. The largest absolute Gasteiger partial charge is 0.504 e. The Bertz CT molecular complexity index is 685. The predicted molar refractivity (Wildman–Crippen MR) is 78.2 cm³/mol. The number of aromatic hydroxyl groups is 1. The quantitative estimate of drug-likeness (QED) is 0.884. The predicted octanol–water partition coefficient (Wildman–Crippen LogP) is 2.08. The zero-order valence-electron chi connectivity index (χ0n) is 11.1. The van der Waals surface area contributed by atoms with Gasteiger partial charge in [0, 0.05) is 5.69 Å². The lowest BCUT2D eigenvalue weighted by Gasteiger charge is -2.09. The van der Waals surface area contributed by atoms with Crippen LogP contribution in [0.1, 0.15) is 11.3 Å². The summed E-state index contributed by atoms with van der Waals surface area (Å²) in [6.45, 7) is 1.72. The van der Waals surface area contributed by atoms with Gasteiger partial charge in [-0.1, -0.05) is 30.3 Å². The fourth-order valence-electron chi connectivity index (χ4n) is 1.72. The van der Waals surface area contributed by atoms with E-state index in [9.17, 15) is 13.5 Å². The average molecular weight is 292 g/mol. The first-order chi connectivity index (χ1) is 9.46. The molecule has 1 aromatic carbocycles. The second-order valence-corrected chi connectivity index (χ2v) is 6.32. The molecular formula is C14H16N2O3S. The van der Waals surface area contributed by atoms with E-state index in [0.29, 0.717) is 12.1 Å². The van der Waals surface area contributed by atoms with Gasteiger partial charge in [-0.2, -0.15) is 0 Å². The number of anilines is 1. The van der Waals surface area contributed by atoms with Crippen molar-refractivity contribution in [3.05, 3.63) is 53.7 Å². The Kier molecular flexibility index (Phi) is 4.24. The fourth-order valence-corrected chi connectivity index (χ4v) is 2.77. The van der Waals surface area contributed by atoms with Gasteiger partial charge >= 0.3 is 0 Å². The van der Waals surface area contributed by atoms with Crippen LogP contribution in [0.3, 0.4) is 0 Å². The van der Waals surface area contributed by atoms with E-state index in [0.717, 1.165) is 5.56 Å². The highest BCUT2D eigenvalue weighted by atomic mass is 32.2. The summed E-state index contributed by atoms with van der Waals surface area (Å²) in [7, 11) is -3.54. The normalized spacial score (nSPS) is 11.2. The van der Waals surface area contributed by atoms with Crippen LogP contribution < -0.4 is 4.72 Å². The molecule has 2 aromatic rings. The molecule has 20 heavy (non-hydrogen) atoms. The molecule has 0 atom stereocenters. The van der Waals surface area contributed by atoms with Crippen molar-refractivity contribution < 1.29 is 13.5 Å². The molecule has 0 aliphatic heterocycles. The number of sulfonamides is 1. The van der Waals surface area contributed by atoms with Crippen LogP contribution in [0.4, 0.5) is 5.82 Å². The Morgan fingerprint density at radius 1 is 1.15 bits per heavy atom. The number of aromatic nitrogens is 1. The molecule has 1 aromatic heterocycles. The molecule has 2 N–H and O–H groups in total. The van der Waals surface area contributed by atoms with E-state index < -0.39 is 10.0 Å². The highest BCUT2D eigenvalue weighted by molar-refractivity contribution is 7.92. The van der Waals surface area contributed by atoms with Crippen molar-refractivity contribution in [3.63, 3.8) is 0 Å². The van der Waals surface area contributed by atoms with Gasteiger partial charge in [0.25, 0.3) is 0 Å². The smallest absolute Gasteiger partial charge is 0.234 e. The number of nitrogens with zero attached hydrogens (tertiary/aromatic N) is 1. The molecule has 6 heteroatoms. The lowest BCUT2D eigenvalue weighted by atomic mass is 10.2. The summed E-state index contributed by atoms with van der Waals surface area (Å²) < 4.78 is 26.3. The van der Waals surface area contributed by atoms with Crippen molar-refractivity contribution >= 4 is 15.8 Å². The van der Waals surface area contributed by atoms with Crippen molar-refractivity contribution in [2.45, 2.75) is 13.3 Å². The Balaban J connectivity index is 2.06. The minimum Gasteiger partial charge on any atom is -0.504 e. The minimum atomic E-state index is -3.54. The Labute approximate surface area is 118 Å². The second kappa shape index (κ2) is 5.92. The zero-order valence-corrected chi connectivity index (χ0v) is 11.9. The molecular weight excluding hydrogens is 276 g/mol. The summed E-state index contributed by atoms with van der Waals surface area (Å²) in [5, 5.41) is 9.59. The van der Waals surface area contributed by atoms with Crippen molar-refractivity contribution in [1.29, 1.82) is 0 Å². The van der Waals surface area contributed by atoms with Gasteiger partial charge in [0.2, 0.25) is 10.0 Å². The number of pyridine rings is 1. The molecule has 1 heterocycles. The molecule has 0 spiro atoms. The van der Waals surface area contributed by atoms with Gasteiger partial charge in [-0.05, 0) is 31.0 Å². The summed E-state index contributed by atoms with van der Waals surface area (Å²) in [5.41, 5.74) is 1.57. The standard InChI is InChI=1S/C14H16N2O3S/c1-11-7-8-13(17)14(15-11)16-20(18,19)10-9-12-5-3-2-4-6-12/h2-8,17H,9-10H2,1H3,(H,15,16). The first kappa shape index (κ1) is 14.3. The van der Waals surface area contributed by atoms with Gasteiger partial charge in [-0.15, -0.1) is 0 Å². The summed E-state index contributed by atoms with van der Waals surface area (Å²) >= 11 is 0. The first-order valence-corrected chi connectivity index (χ1v) is 7.82. The third kappa shape index (κ3) is 3.96. The highest BCUT2D eigenvalue weighted by Crippen LogP contribution is 2.21. The monoisotopic (exact) mass is 292 g/mol. The number of hydrogen-bond acceptors (Lipinski definition) is 4. The van der Waals surface area contributed by atoms with Crippen molar-refractivity contribution in [3.8, 4) is 5.75 Å². The van der Waals surface area contributed by atoms with Crippen molar-refractivity contribution in [2.75, 3.05) is 10.5 Å². The maximum atomic E-state index is 12.0. The van der Waals surface area contributed by atoms with Gasteiger partial charge in [0.15, 0.2) is 11.6 Å². The van der Waals surface area contributed by atoms with E-state index in [1.54, 1.807) is 13.0 Å². The van der Waals surface area contributed by atoms with Gasteiger partial charge in [-0.25, -0.2) is 13.4 Å². The maximum Gasteiger partial charge on any atom is 0.234 e. The van der Waals surface area contributed by atoms with Crippen LogP contribution in [0.15, 0.2) is 42.5 Å². The highest BCUT2D eigenvalue weighted by Gasteiger charge is 2.14. The van der Waals surface area contributed by atoms with Gasteiger partial charge in [0.05, 0.1) is 5.75 Å². The lowest BCUT2D eigenvalue weighted by Crippen LogP contribution is -2.19. The van der Waals surface area contributed by atoms with E-state index in [-0.39, 0.29) is 17.3 Å². The Hall–Kier alpha value is -2.08. The number of benzene rings is 1. The van der Waals surface area contributed by atoms with E-state index in [1.165, 1.54) is 6.07 Å². The first-order valence-electron chi connectivity index (χ1n) is 6.17. The molecule has 0 amide bonds. The number of rotatable bonds is 5. The van der Waals surface area contributed by atoms with Crippen LogP contribution in [-0.4, -0.2) is 24.3 Å². The van der Waals surface area contributed by atoms with Crippen LogP contribution in [0.25, 0.3) is 0 Å².